The smallest absolute Gasteiger partial charge is 0.244 e. The molecule has 0 spiro atoms. The molecule has 0 bridgehead atoms. The van der Waals surface area contributed by atoms with Gasteiger partial charge in [0.2, 0.25) is 15.9 Å². The van der Waals surface area contributed by atoms with Crippen LogP contribution < -0.4 is 0 Å². The van der Waals surface area contributed by atoms with Gasteiger partial charge in [-0.05, 0) is 19.1 Å². The van der Waals surface area contributed by atoms with Gasteiger partial charge in [0, 0.05) is 44.6 Å². The van der Waals surface area contributed by atoms with Crippen molar-refractivity contribution in [1.82, 2.24) is 14.2 Å². The number of benzene rings is 2. The largest absolute Gasteiger partial charge is 0.441 e. The Morgan fingerprint density at radius 1 is 1.09 bits per heavy atom. The number of aryl methyl sites for hydroxylation is 2. The number of sulfonamides is 1. The Bertz CT molecular complexity index is 1280. The molecule has 1 aliphatic rings. The van der Waals surface area contributed by atoms with Crippen molar-refractivity contribution in [1.29, 1.82) is 5.26 Å². The molecular weight excluding hydrogens is 440 g/mol. The van der Waals surface area contributed by atoms with E-state index < -0.39 is 10.0 Å². The average Bonchev–Trinajstić information content (AvgIpc) is 3.32. The number of rotatable bonds is 6. The first-order valence-electron chi connectivity index (χ1n) is 10.7. The molecule has 0 aliphatic carbocycles. The van der Waals surface area contributed by atoms with E-state index in [-0.39, 0.29) is 35.9 Å². The second-order valence-electron chi connectivity index (χ2n) is 7.88. The maximum Gasteiger partial charge on any atom is 0.244 e. The molecule has 4 rings (SSSR count). The summed E-state index contributed by atoms with van der Waals surface area (Å²) in [7, 11) is -3.79. The maximum absolute atomic E-state index is 12.9. The first-order valence-corrected chi connectivity index (χ1v) is 12.1. The van der Waals surface area contributed by atoms with Gasteiger partial charge in [-0.3, -0.25) is 4.79 Å². The number of hydrogen-bond acceptors (Lipinski definition) is 6. The Balaban J connectivity index is 1.32. The van der Waals surface area contributed by atoms with Crippen molar-refractivity contribution in [3.05, 3.63) is 71.7 Å². The van der Waals surface area contributed by atoms with Crippen LogP contribution in [0.25, 0.3) is 11.3 Å². The molecular formula is C24H24N4O4S. The summed E-state index contributed by atoms with van der Waals surface area (Å²) in [4.78, 5) is 18.6. The van der Waals surface area contributed by atoms with Crippen molar-refractivity contribution in [2.24, 2.45) is 0 Å². The van der Waals surface area contributed by atoms with Gasteiger partial charge in [0.15, 0.2) is 11.7 Å². The number of carbonyl (C=O) groups is 1. The molecule has 1 aromatic heterocycles. The molecule has 33 heavy (non-hydrogen) atoms. The zero-order valence-corrected chi connectivity index (χ0v) is 19.1. The van der Waals surface area contributed by atoms with Crippen LogP contribution in [0.3, 0.4) is 0 Å². The van der Waals surface area contributed by atoms with Gasteiger partial charge < -0.3 is 9.32 Å². The normalized spacial score (nSPS) is 14.7. The minimum Gasteiger partial charge on any atom is -0.441 e. The highest BCUT2D eigenvalue weighted by Crippen LogP contribution is 2.23. The number of nitrogens with zero attached hydrogens (tertiary/aromatic N) is 4. The Kier molecular flexibility index (Phi) is 6.58. The van der Waals surface area contributed by atoms with Crippen LogP contribution in [0.2, 0.25) is 0 Å². The van der Waals surface area contributed by atoms with E-state index in [1.807, 2.05) is 37.3 Å². The van der Waals surface area contributed by atoms with Gasteiger partial charge in [0.05, 0.1) is 16.7 Å². The number of amides is 1. The molecule has 1 amide bonds. The van der Waals surface area contributed by atoms with Gasteiger partial charge in [-0.25, -0.2) is 13.4 Å². The summed E-state index contributed by atoms with van der Waals surface area (Å²) < 4.78 is 33.0. The summed E-state index contributed by atoms with van der Waals surface area (Å²) >= 11 is 0. The number of oxazole rings is 1. The number of aromatic nitrogens is 1. The maximum atomic E-state index is 12.9. The summed E-state index contributed by atoms with van der Waals surface area (Å²) in [6.07, 6.45) is 2.27. The summed E-state index contributed by atoms with van der Waals surface area (Å²) in [6, 6.07) is 16.0. The van der Waals surface area contributed by atoms with E-state index in [1.54, 1.807) is 23.2 Å². The molecule has 0 saturated carbocycles. The predicted octanol–water partition coefficient (Wildman–Crippen LogP) is 2.99. The summed E-state index contributed by atoms with van der Waals surface area (Å²) in [6.45, 7) is 2.98. The number of piperazine rings is 1. The van der Waals surface area contributed by atoms with Crippen molar-refractivity contribution in [2.45, 2.75) is 24.7 Å². The minimum absolute atomic E-state index is 0.000510. The van der Waals surface area contributed by atoms with Crippen LogP contribution in [-0.4, -0.2) is 54.7 Å². The summed E-state index contributed by atoms with van der Waals surface area (Å²) in [5, 5.41) is 9.23. The first-order chi connectivity index (χ1) is 15.9. The number of nitriles is 1. The third-order valence-electron chi connectivity index (χ3n) is 5.66. The first kappa shape index (κ1) is 22.7. The van der Waals surface area contributed by atoms with Crippen LogP contribution in [0.15, 0.2) is 64.0 Å². The van der Waals surface area contributed by atoms with Crippen LogP contribution in [0.1, 0.15) is 23.4 Å². The van der Waals surface area contributed by atoms with Crippen LogP contribution in [-0.2, 0) is 21.2 Å². The fourth-order valence-corrected chi connectivity index (χ4v) is 5.31. The Morgan fingerprint density at radius 3 is 2.48 bits per heavy atom. The van der Waals surface area contributed by atoms with Gasteiger partial charge in [-0.1, -0.05) is 42.0 Å². The van der Waals surface area contributed by atoms with E-state index in [4.69, 9.17) is 4.42 Å². The fourth-order valence-electron chi connectivity index (χ4n) is 3.75. The lowest BCUT2D eigenvalue weighted by Gasteiger charge is -2.34. The highest BCUT2D eigenvalue weighted by atomic mass is 32.2. The SMILES string of the molecule is Cc1ccc(-c2cnc(CCC(=O)N3CCN(S(=O)(=O)c4ccccc4C#N)CC3)o2)cc1. The molecule has 8 nitrogen and oxygen atoms in total. The molecule has 2 heterocycles. The van der Waals surface area contributed by atoms with Gasteiger partial charge in [0.25, 0.3) is 0 Å². The van der Waals surface area contributed by atoms with Crippen LogP contribution in [0.5, 0.6) is 0 Å². The van der Waals surface area contributed by atoms with Crippen molar-refractivity contribution in [3.63, 3.8) is 0 Å². The molecule has 3 aromatic rings. The zero-order chi connectivity index (χ0) is 23.4. The third-order valence-corrected chi connectivity index (χ3v) is 7.62. The van der Waals surface area contributed by atoms with E-state index in [9.17, 15) is 18.5 Å². The highest BCUT2D eigenvalue weighted by molar-refractivity contribution is 7.89. The quantitative estimate of drug-likeness (QED) is 0.555. The average molecular weight is 465 g/mol. The minimum atomic E-state index is -3.79. The van der Waals surface area contributed by atoms with Crippen molar-refractivity contribution in [3.8, 4) is 17.4 Å². The van der Waals surface area contributed by atoms with E-state index in [1.165, 1.54) is 16.4 Å². The topological polar surface area (TPSA) is 108 Å². The van der Waals surface area contributed by atoms with E-state index in [2.05, 4.69) is 4.98 Å². The molecule has 1 aliphatic heterocycles. The highest BCUT2D eigenvalue weighted by Gasteiger charge is 2.31. The van der Waals surface area contributed by atoms with Gasteiger partial charge >= 0.3 is 0 Å². The van der Waals surface area contributed by atoms with Crippen molar-refractivity contribution >= 4 is 15.9 Å². The van der Waals surface area contributed by atoms with Crippen molar-refractivity contribution in [2.75, 3.05) is 26.2 Å². The van der Waals surface area contributed by atoms with Crippen LogP contribution in [0.4, 0.5) is 0 Å². The van der Waals surface area contributed by atoms with Gasteiger partial charge in [0.1, 0.15) is 6.07 Å². The Labute approximate surface area is 193 Å². The molecule has 0 N–H and O–H groups in total. The van der Waals surface area contributed by atoms with Crippen molar-refractivity contribution < 1.29 is 17.6 Å². The van der Waals surface area contributed by atoms with Gasteiger partial charge in [-0.2, -0.15) is 9.57 Å². The predicted molar refractivity (Wildman–Crippen MR) is 121 cm³/mol. The lowest BCUT2D eigenvalue weighted by Crippen LogP contribution is -2.50. The molecule has 0 radical (unpaired) electrons. The lowest BCUT2D eigenvalue weighted by molar-refractivity contribution is -0.132. The molecule has 0 atom stereocenters. The molecule has 1 saturated heterocycles. The summed E-state index contributed by atoms with van der Waals surface area (Å²) in [5.41, 5.74) is 2.21. The molecule has 1 fully saturated rings. The molecule has 9 heteroatoms. The molecule has 0 unspecified atom stereocenters. The fraction of sp³-hybridized carbons (Fsp3) is 0.292. The second kappa shape index (κ2) is 9.57. The van der Waals surface area contributed by atoms with E-state index in [0.717, 1.165) is 11.1 Å². The monoisotopic (exact) mass is 464 g/mol. The standard InChI is InChI=1S/C24H24N4O4S/c1-18-6-8-19(9-7-18)21-17-26-23(32-21)10-11-24(29)27-12-14-28(15-13-27)33(30,31)22-5-3-2-4-20(22)16-25/h2-9,17H,10-15H2,1H3. The van der Waals surface area contributed by atoms with E-state index in [0.29, 0.717) is 31.2 Å². The third kappa shape index (κ3) is 4.97. The Morgan fingerprint density at radius 2 is 1.79 bits per heavy atom. The second-order valence-corrected chi connectivity index (χ2v) is 9.78. The number of hydrogen-bond donors (Lipinski definition) is 0. The lowest BCUT2D eigenvalue weighted by atomic mass is 10.1. The van der Waals surface area contributed by atoms with Crippen LogP contribution in [0, 0.1) is 18.3 Å². The Hall–Kier alpha value is -3.48. The number of carbonyl (C=O) groups excluding carboxylic acids is 1. The van der Waals surface area contributed by atoms with E-state index >= 15 is 0 Å². The van der Waals surface area contributed by atoms with Crippen LogP contribution >= 0.6 is 0 Å². The van der Waals surface area contributed by atoms with Gasteiger partial charge in [-0.15, -0.1) is 0 Å². The molecule has 170 valence electrons. The summed E-state index contributed by atoms with van der Waals surface area (Å²) in [5.74, 6) is 1.08. The zero-order valence-electron chi connectivity index (χ0n) is 18.3. The molecule has 2 aromatic carbocycles.